The van der Waals surface area contributed by atoms with Crippen LogP contribution in [0.2, 0.25) is 0 Å². The molecule has 0 aliphatic rings. The summed E-state index contributed by atoms with van der Waals surface area (Å²) >= 11 is 4.63. The van der Waals surface area contributed by atoms with Gasteiger partial charge in [-0.1, -0.05) is 30.3 Å². The number of furan rings is 1. The minimum absolute atomic E-state index is 0.499. The zero-order chi connectivity index (χ0) is 18.6. The number of pyridine rings is 1. The Kier molecular flexibility index (Phi) is 5.05. The van der Waals surface area contributed by atoms with Crippen molar-refractivity contribution >= 4 is 27.7 Å². The van der Waals surface area contributed by atoms with E-state index < -0.39 is 0 Å². The van der Waals surface area contributed by atoms with Crippen LogP contribution in [0.5, 0.6) is 0 Å². The zero-order valence-electron chi connectivity index (χ0n) is 13.9. The number of aromatic nitrogens is 4. The van der Waals surface area contributed by atoms with Crippen molar-refractivity contribution in [2.24, 2.45) is 0 Å². The maximum Gasteiger partial charge on any atom is 0.200 e. The fraction of sp³-hybridized carbons (Fsp3) is 0.0526. The fourth-order valence-corrected chi connectivity index (χ4v) is 3.69. The predicted molar refractivity (Wildman–Crippen MR) is 104 cm³/mol. The lowest BCUT2D eigenvalue weighted by Crippen LogP contribution is -2.04. The van der Waals surface area contributed by atoms with Gasteiger partial charge in [-0.15, -0.1) is 10.2 Å². The Labute approximate surface area is 168 Å². The molecule has 1 aromatic carbocycles. The molecule has 0 fully saturated rings. The zero-order valence-corrected chi connectivity index (χ0v) is 16.3. The van der Waals surface area contributed by atoms with Gasteiger partial charge in [0.15, 0.2) is 15.6 Å². The van der Waals surface area contributed by atoms with Crippen LogP contribution in [0.1, 0.15) is 11.1 Å². The number of nitriles is 1. The van der Waals surface area contributed by atoms with E-state index in [1.54, 1.807) is 18.3 Å². The van der Waals surface area contributed by atoms with E-state index in [1.165, 1.54) is 11.8 Å². The molecule has 4 rings (SSSR count). The van der Waals surface area contributed by atoms with Gasteiger partial charge in [-0.2, -0.15) is 5.26 Å². The smallest absolute Gasteiger partial charge is 0.200 e. The van der Waals surface area contributed by atoms with Crippen LogP contribution in [0.3, 0.4) is 0 Å². The van der Waals surface area contributed by atoms with Crippen molar-refractivity contribution < 1.29 is 4.42 Å². The maximum absolute atomic E-state index is 9.32. The molecule has 0 atom stereocenters. The summed E-state index contributed by atoms with van der Waals surface area (Å²) < 4.78 is 8.25. The second kappa shape index (κ2) is 7.78. The Morgan fingerprint density at radius 2 is 1.93 bits per heavy atom. The Morgan fingerprint density at radius 3 is 2.67 bits per heavy atom. The molecular weight excluding hydrogens is 426 g/mol. The van der Waals surface area contributed by atoms with Crippen molar-refractivity contribution in [1.82, 2.24) is 19.7 Å². The Morgan fingerprint density at radius 1 is 1.07 bits per heavy atom. The molecule has 0 bridgehead atoms. The molecule has 0 amide bonds. The van der Waals surface area contributed by atoms with Gasteiger partial charge in [-0.3, -0.25) is 4.57 Å². The first kappa shape index (κ1) is 17.5. The molecule has 0 spiro atoms. The van der Waals surface area contributed by atoms with Crippen LogP contribution in [0.4, 0.5) is 0 Å². The fourth-order valence-electron chi connectivity index (χ4n) is 2.53. The predicted octanol–water partition coefficient (Wildman–Crippen LogP) is 4.77. The SMILES string of the molecule is N#Cc1cccnc1Sc1nnc(-c2ccc(Br)o2)n1Cc1ccccc1. The number of hydrogen-bond acceptors (Lipinski definition) is 6. The van der Waals surface area contributed by atoms with Crippen molar-refractivity contribution in [2.45, 2.75) is 16.7 Å². The lowest BCUT2D eigenvalue weighted by Gasteiger charge is -2.09. The highest BCUT2D eigenvalue weighted by molar-refractivity contribution is 9.10. The summed E-state index contributed by atoms with van der Waals surface area (Å²) in [6.45, 7) is 0.568. The molecule has 0 radical (unpaired) electrons. The molecule has 6 nitrogen and oxygen atoms in total. The summed E-state index contributed by atoms with van der Waals surface area (Å²) in [5, 5.41) is 19.2. The molecule has 0 N–H and O–H groups in total. The highest BCUT2D eigenvalue weighted by Gasteiger charge is 2.19. The maximum atomic E-state index is 9.32. The van der Waals surface area contributed by atoms with E-state index in [0.29, 0.717) is 38.5 Å². The van der Waals surface area contributed by atoms with Gasteiger partial charge < -0.3 is 4.42 Å². The molecule has 3 heterocycles. The van der Waals surface area contributed by atoms with E-state index in [-0.39, 0.29) is 0 Å². The minimum Gasteiger partial charge on any atom is -0.446 e. The summed E-state index contributed by atoms with van der Waals surface area (Å²) in [4.78, 5) is 4.31. The van der Waals surface area contributed by atoms with E-state index in [4.69, 9.17) is 4.42 Å². The molecule has 0 aliphatic carbocycles. The lowest BCUT2D eigenvalue weighted by molar-refractivity contribution is 0.545. The van der Waals surface area contributed by atoms with E-state index >= 15 is 0 Å². The number of halogens is 1. The highest BCUT2D eigenvalue weighted by Crippen LogP contribution is 2.32. The molecule has 4 aromatic rings. The van der Waals surface area contributed by atoms with Gasteiger partial charge in [0.25, 0.3) is 0 Å². The summed E-state index contributed by atoms with van der Waals surface area (Å²) in [5.41, 5.74) is 1.60. The largest absolute Gasteiger partial charge is 0.446 e. The summed E-state index contributed by atoms with van der Waals surface area (Å²) in [5.74, 6) is 1.22. The monoisotopic (exact) mass is 437 g/mol. The molecule has 27 heavy (non-hydrogen) atoms. The summed E-state index contributed by atoms with van der Waals surface area (Å²) in [7, 11) is 0. The number of nitrogens with zero attached hydrogens (tertiary/aromatic N) is 5. The van der Waals surface area contributed by atoms with Crippen molar-refractivity contribution in [3.05, 3.63) is 76.6 Å². The highest BCUT2D eigenvalue weighted by atomic mass is 79.9. The summed E-state index contributed by atoms with van der Waals surface area (Å²) in [6, 6.07) is 19.3. The van der Waals surface area contributed by atoms with Crippen molar-refractivity contribution in [2.75, 3.05) is 0 Å². The van der Waals surface area contributed by atoms with Gasteiger partial charge >= 0.3 is 0 Å². The normalized spacial score (nSPS) is 10.7. The molecule has 0 saturated heterocycles. The molecule has 0 aliphatic heterocycles. The van der Waals surface area contributed by atoms with Crippen LogP contribution in [0, 0.1) is 11.3 Å². The lowest BCUT2D eigenvalue weighted by atomic mass is 10.2. The van der Waals surface area contributed by atoms with Crippen LogP contribution in [0.15, 0.2) is 80.1 Å². The van der Waals surface area contributed by atoms with Crippen molar-refractivity contribution in [3.63, 3.8) is 0 Å². The van der Waals surface area contributed by atoms with Gasteiger partial charge in [0, 0.05) is 6.20 Å². The van der Waals surface area contributed by atoms with Gasteiger partial charge in [-0.25, -0.2) is 4.98 Å². The van der Waals surface area contributed by atoms with Crippen molar-refractivity contribution in [3.8, 4) is 17.7 Å². The van der Waals surface area contributed by atoms with Crippen LogP contribution in [-0.2, 0) is 6.54 Å². The third kappa shape index (κ3) is 3.79. The molecule has 3 aromatic heterocycles. The van der Waals surface area contributed by atoms with E-state index in [1.807, 2.05) is 47.0 Å². The Hall–Kier alpha value is -2.89. The third-order valence-electron chi connectivity index (χ3n) is 3.77. The molecule has 8 heteroatoms. The van der Waals surface area contributed by atoms with Crippen LogP contribution >= 0.6 is 27.7 Å². The summed E-state index contributed by atoms with van der Waals surface area (Å²) in [6.07, 6.45) is 1.66. The second-order valence-electron chi connectivity index (χ2n) is 5.55. The topological polar surface area (TPSA) is 80.5 Å². The first-order valence-corrected chi connectivity index (χ1v) is 9.61. The molecule has 0 unspecified atom stereocenters. The number of benzene rings is 1. The van der Waals surface area contributed by atoms with Crippen molar-refractivity contribution in [1.29, 1.82) is 5.26 Å². The Balaban J connectivity index is 1.77. The average molecular weight is 438 g/mol. The van der Waals surface area contributed by atoms with Gasteiger partial charge in [-0.05, 0) is 57.5 Å². The van der Waals surface area contributed by atoms with Crippen LogP contribution in [0.25, 0.3) is 11.6 Å². The van der Waals surface area contributed by atoms with Gasteiger partial charge in [0.1, 0.15) is 11.1 Å². The van der Waals surface area contributed by atoms with E-state index in [2.05, 4.69) is 37.2 Å². The molecule has 132 valence electrons. The first-order valence-electron chi connectivity index (χ1n) is 8.00. The standard InChI is InChI=1S/C19H12BrN5OS/c20-16-9-8-15(26-16)17-23-24-19(25(17)12-13-5-2-1-3-6-13)27-18-14(11-21)7-4-10-22-18/h1-10H,12H2. The molecular formula is C19H12BrN5OS. The van der Waals surface area contributed by atoms with E-state index in [9.17, 15) is 5.26 Å². The van der Waals surface area contributed by atoms with Gasteiger partial charge in [0.05, 0.1) is 12.1 Å². The van der Waals surface area contributed by atoms with Crippen LogP contribution in [-0.4, -0.2) is 19.7 Å². The number of rotatable bonds is 5. The number of hydrogen-bond donors (Lipinski definition) is 0. The minimum atomic E-state index is 0.499. The van der Waals surface area contributed by atoms with Crippen LogP contribution < -0.4 is 0 Å². The molecule has 0 saturated carbocycles. The second-order valence-corrected chi connectivity index (χ2v) is 7.29. The van der Waals surface area contributed by atoms with E-state index in [0.717, 1.165) is 5.56 Å². The average Bonchev–Trinajstić information content (AvgIpc) is 3.29. The first-order chi connectivity index (χ1) is 13.2. The van der Waals surface area contributed by atoms with Gasteiger partial charge in [0.2, 0.25) is 5.82 Å². The Bertz CT molecular complexity index is 1120. The third-order valence-corrected chi connectivity index (χ3v) is 5.20. The quantitative estimate of drug-likeness (QED) is 0.447.